The first-order chi connectivity index (χ1) is 9.78. The number of nitrogens with zero attached hydrogens (tertiary/aromatic N) is 1. The lowest BCUT2D eigenvalue weighted by Crippen LogP contribution is -2.23. The summed E-state index contributed by atoms with van der Waals surface area (Å²) in [5.74, 6) is 1.75. The van der Waals surface area contributed by atoms with Crippen LogP contribution < -0.4 is 10.1 Å². The Morgan fingerprint density at radius 1 is 1.25 bits per heavy atom. The molecule has 1 heterocycles. The summed E-state index contributed by atoms with van der Waals surface area (Å²) in [4.78, 5) is 4.43. The van der Waals surface area contributed by atoms with Crippen LogP contribution in [-0.2, 0) is 11.3 Å². The first kappa shape index (κ1) is 15.3. The molecule has 1 aliphatic carbocycles. The Labute approximate surface area is 121 Å². The highest BCUT2D eigenvalue weighted by Gasteiger charge is 2.19. The van der Waals surface area contributed by atoms with Crippen LogP contribution in [0.2, 0.25) is 0 Å². The summed E-state index contributed by atoms with van der Waals surface area (Å²) in [6.45, 7) is 4.66. The third kappa shape index (κ3) is 5.10. The summed E-state index contributed by atoms with van der Waals surface area (Å²) < 4.78 is 11.0. The lowest BCUT2D eigenvalue weighted by atomic mass is 9.89. The van der Waals surface area contributed by atoms with Gasteiger partial charge >= 0.3 is 0 Å². The Kier molecular flexibility index (Phi) is 6.27. The second kappa shape index (κ2) is 8.22. The van der Waals surface area contributed by atoms with Crippen LogP contribution in [0.1, 0.15) is 38.3 Å². The first-order valence-corrected chi connectivity index (χ1v) is 7.59. The molecule has 1 saturated carbocycles. The Morgan fingerprint density at radius 3 is 2.70 bits per heavy atom. The molecule has 0 spiro atoms. The maximum atomic E-state index is 6.00. The van der Waals surface area contributed by atoms with Gasteiger partial charge in [0.25, 0.3) is 0 Å². The molecule has 0 aliphatic heterocycles. The molecule has 4 heteroatoms. The highest BCUT2D eigenvalue weighted by Crippen LogP contribution is 2.26. The minimum atomic E-state index is 0.374. The van der Waals surface area contributed by atoms with Crippen LogP contribution in [0.15, 0.2) is 18.3 Å². The highest BCUT2D eigenvalue weighted by atomic mass is 16.5. The SMILES string of the molecule is COCCNCc1ccc(OC2CCC(C)CC2)cn1. The van der Waals surface area contributed by atoms with Crippen LogP contribution in [-0.4, -0.2) is 31.3 Å². The van der Waals surface area contributed by atoms with Gasteiger partial charge in [0.1, 0.15) is 5.75 Å². The molecule has 0 radical (unpaired) electrons. The molecular weight excluding hydrogens is 252 g/mol. The zero-order valence-electron chi connectivity index (χ0n) is 12.6. The predicted molar refractivity (Wildman–Crippen MR) is 79.9 cm³/mol. The van der Waals surface area contributed by atoms with Crippen LogP contribution >= 0.6 is 0 Å². The number of hydrogen-bond donors (Lipinski definition) is 1. The van der Waals surface area contributed by atoms with Gasteiger partial charge in [-0.3, -0.25) is 4.98 Å². The van der Waals surface area contributed by atoms with Crippen molar-refractivity contribution >= 4 is 0 Å². The molecule has 4 nitrogen and oxygen atoms in total. The van der Waals surface area contributed by atoms with Gasteiger partial charge < -0.3 is 14.8 Å². The van der Waals surface area contributed by atoms with Crippen LogP contribution in [0.3, 0.4) is 0 Å². The van der Waals surface area contributed by atoms with E-state index in [-0.39, 0.29) is 0 Å². The van der Waals surface area contributed by atoms with Crippen molar-refractivity contribution in [1.82, 2.24) is 10.3 Å². The largest absolute Gasteiger partial charge is 0.489 e. The second-order valence-electron chi connectivity index (χ2n) is 5.65. The van der Waals surface area contributed by atoms with Gasteiger partial charge in [0.2, 0.25) is 0 Å². The number of rotatable bonds is 7. The zero-order valence-corrected chi connectivity index (χ0v) is 12.6. The Morgan fingerprint density at radius 2 is 2.05 bits per heavy atom. The van der Waals surface area contributed by atoms with Crippen molar-refractivity contribution in [2.45, 2.75) is 45.3 Å². The van der Waals surface area contributed by atoms with E-state index in [2.05, 4.69) is 17.2 Å². The highest BCUT2D eigenvalue weighted by molar-refractivity contribution is 5.20. The quantitative estimate of drug-likeness (QED) is 0.779. The van der Waals surface area contributed by atoms with Gasteiger partial charge in [-0.15, -0.1) is 0 Å². The molecule has 1 fully saturated rings. The normalized spacial score (nSPS) is 22.7. The van der Waals surface area contributed by atoms with Crippen molar-refractivity contribution in [2.75, 3.05) is 20.3 Å². The van der Waals surface area contributed by atoms with E-state index in [1.165, 1.54) is 25.7 Å². The summed E-state index contributed by atoms with van der Waals surface area (Å²) in [5.41, 5.74) is 1.03. The van der Waals surface area contributed by atoms with E-state index < -0.39 is 0 Å². The average molecular weight is 278 g/mol. The molecular formula is C16H26N2O2. The summed E-state index contributed by atoms with van der Waals surface area (Å²) >= 11 is 0. The van der Waals surface area contributed by atoms with E-state index >= 15 is 0 Å². The summed E-state index contributed by atoms with van der Waals surface area (Å²) in [6, 6.07) is 4.05. The molecule has 0 aromatic carbocycles. The number of methoxy groups -OCH3 is 1. The fourth-order valence-electron chi connectivity index (χ4n) is 2.52. The number of nitrogens with one attached hydrogen (secondary N) is 1. The van der Waals surface area contributed by atoms with Crippen molar-refractivity contribution in [2.24, 2.45) is 5.92 Å². The number of pyridine rings is 1. The monoisotopic (exact) mass is 278 g/mol. The molecule has 0 amide bonds. The van der Waals surface area contributed by atoms with Gasteiger partial charge in [-0.2, -0.15) is 0 Å². The number of ether oxygens (including phenoxy) is 2. The molecule has 0 unspecified atom stereocenters. The van der Waals surface area contributed by atoms with E-state index in [0.717, 1.165) is 37.1 Å². The molecule has 1 aromatic rings. The Bertz CT molecular complexity index is 373. The lowest BCUT2D eigenvalue weighted by Gasteiger charge is -2.26. The molecule has 1 aromatic heterocycles. The smallest absolute Gasteiger partial charge is 0.138 e. The van der Waals surface area contributed by atoms with E-state index in [4.69, 9.17) is 9.47 Å². The van der Waals surface area contributed by atoms with E-state index in [9.17, 15) is 0 Å². The fraction of sp³-hybridized carbons (Fsp3) is 0.688. The van der Waals surface area contributed by atoms with Gasteiger partial charge in [0.05, 0.1) is 24.6 Å². The van der Waals surface area contributed by atoms with Crippen molar-refractivity contribution in [3.05, 3.63) is 24.0 Å². The van der Waals surface area contributed by atoms with Gasteiger partial charge in [0.15, 0.2) is 0 Å². The van der Waals surface area contributed by atoms with Gasteiger partial charge in [0, 0.05) is 20.2 Å². The maximum Gasteiger partial charge on any atom is 0.138 e. The predicted octanol–water partition coefficient (Wildman–Crippen LogP) is 2.78. The number of aromatic nitrogens is 1. The fourth-order valence-corrected chi connectivity index (χ4v) is 2.52. The van der Waals surface area contributed by atoms with Crippen LogP contribution in [0.25, 0.3) is 0 Å². The summed E-state index contributed by atoms with van der Waals surface area (Å²) in [6.07, 6.45) is 7.10. The molecule has 0 saturated heterocycles. The topological polar surface area (TPSA) is 43.4 Å². The minimum absolute atomic E-state index is 0.374. The summed E-state index contributed by atoms with van der Waals surface area (Å²) in [5, 5.41) is 3.28. The third-order valence-electron chi connectivity index (χ3n) is 3.85. The average Bonchev–Trinajstić information content (AvgIpc) is 2.48. The Hall–Kier alpha value is -1.13. The first-order valence-electron chi connectivity index (χ1n) is 7.59. The van der Waals surface area contributed by atoms with E-state index in [1.54, 1.807) is 7.11 Å². The molecule has 20 heavy (non-hydrogen) atoms. The lowest BCUT2D eigenvalue weighted by molar-refractivity contribution is 0.135. The van der Waals surface area contributed by atoms with Crippen molar-refractivity contribution in [3.63, 3.8) is 0 Å². The van der Waals surface area contributed by atoms with Crippen molar-refractivity contribution < 1.29 is 9.47 Å². The molecule has 0 atom stereocenters. The van der Waals surface area contributed by atoms with Crippen LogP contribution in [0, 0.1) is 5.92 Å². The molecule has 1 N–H and O–H groups in total. The van der Waals surface area contributed by atoms with Gasteiger partial charge in [-0.1, -0.05) is 6.92 Å². The Balaban J connectivity index is 1.73. The molecule has 1 aliphatic rings. The maximum absolute atomic E-state index is 6.00. The zero-order chi connectivity index (χ0) is 14.2. The van der Waals surface area contributed by atoms with Crippen LogP contribution in [0.5, 0.6) is 5.75 Å². The van der Waals surface area contributed by atoms with E-state index in [1.807, 2.05) is 18.3 Å². The summed E-state index contributed by atoms with van der Waals surface area (Å²) in [7, 11) is 1.71. The second-order valence-corrected chi connectivity index (χ2v) is 5.65. The van der Waals surface area contributed by atoms with Crippen molar-refractivity contribution in [3.8, 4) is 5.75 Å². The van der Waals surface area contributed by atoms with Crippen molar-refractivity contribution in [1.29, 1.82) is 0 Å². The van der Waals surface area contributed by atoms with Crippen LogP contribution in [0.4, 0.5) is 0 Å². The molecule has 2 rings (SSSR count). The van der Waals surface area contributed by atoms with Gasteiger partial charge in [-0.25, -0.2) is 0 Å². The number of hydrogen-bond acceptors (Lipinski definition) is 4. The third-order valence-corrected chi connectivity index (χ3v) is 3.85. The molecule has 0 bridgehead atoms. The minimum Gasteiger partial charge on any atom is -0.489 e. The van der Waals surface area contributed by atoms with E-state index in [0.29, 0.717) is 6.10 Å². The van der Waals surface area contributed by atoms with Gasteiger partial charge in [-0.05, 0) is 43.7 Å². The standard InChI is InChI=1S/C16H26N2O2/c1-13-3-6-15(7-4-13)20-16-8-5-14(18-12-16)11-17-9-10-19-2/h5,8,12-13,15,17H,3-4,6-7,9-11H2,1-2H3. The molecule has 112 valence electrons.